The number of rotatable bonds is 9. The van der Waals surface area contributed by atoms with Crippen LogP contribution in [0.1, 0.15) is 26.3 Å². The Labute approximate surface area is 153 Å². The molecule has 0 heterocycles. The number of carbonyl (C=O) groups excluding carboxylic acids is 2. The van der Waals surface area contributed by atoms with Crippen molar-refractivity contribution in [1.82, 2.24) is 0 Å². The molecular formula is C19H24O7. The van der Waals surface area contributed by atoms with Crippen LogP contribution in [0.15, 0.2) is 29.9 Å². The maximum absolute atomic E-state index is 11.4. The molecule has 0 saturated heterocycles. The minimum atomic E-state index is -0.471. The number of allylic oxidation sites excluding steroid dienone is 1. The summed E-state index contributed by atoms with van der Waals surface area (Å²) in [7, 11) is 2.94. The Morgan fingerprint density at radius 1 is 1.08 bits per heavy atom. The fourth-order valence-electron chi connectivity index (χ4n) is 1.87. The molecule has 1 aromatic rings. The summed E-state index contributed by atoms with van der Waals surface area (Å²) < 4.78 is 25.8. The van der Waals surface area contributed by atoms with E-state index >= 15 is 0 Å². The lowest BCUT2D eigenvalue weighted by molar-refractivity contribution is -0.150. The van der Waals surface area contributed by atoms with Crippen molar-refractivity contribution in [3.8, 4) is 17.2 Å². The Kier molecular flexibility index (Phi) is 8.94. The van der Waals surface area contributed by atoms with Crippen molar-refractivity contribution in [3.05, 3.63) is 35.4 Å². The third-order valence-electron chi connectivity index (χ3n) is 3.28. The molecule has 0 unspecified atom stereocenters. The van der Waals surface area contributed by atoms with Gasteiger partial charge >= 0.3 is 11.9 Å². The minimum Gasteiger partial charge on any atom is -0.493 e. The van der Waals surface area contributed by atoms with E-state index in [1.807, 2.05) is 0 Å². The SMILES string of the molecule is CC=C(C)C(=O)OCOCC=Cc1cc(OC)c(OC(C)=O)c(OC)c1. The molecule has 142 valence electrons. The highest BCUT2D eigenvalue weighted by Gasteiger charge is 2.15. The Bertz CT molecular complexity index is 664. The van der Waals surface area contributed by atoms with Crippen LogP contribution in [-0.2, 0) is 19.1 Å². The van der Waals surface area contributed by atoms with Gasteiger partial charge in [0.2, 0.25) is 5.75 Å². The van der Waals surface area contributed by atoms with Gasteiger partial charge in [0.05, 0.1) is 20.8 Å². The Hall–Kier alpha value is -2.80. The molecule has 0 N–H and O–H groups in total. The van der Waals surface area contributed by atoms with Gasteiger partial charge in [0.15, 0.2) is 18.3 Å². The lowest BCUT2D eigenvalue weighted by Gasteiger charge is -2.13. The monoisotopic (exact) mass is 364 g/mol. The van der Waals surface area contributed by atoms with Gasteiger partial charge < -0.3 is 23.7 Å². The molecule has 0 amide bonds. The fourth-order valence-corrected chi connectivity index (χ4v) is 1.87. The summed E-state index contributed by atoms with van der Waals surface area (Å²) in [6.07, 6.45) is 5.19. The lowest BCUT2D eigenvalue weighted by atomic mass is 10.1. The molecule has 0 fully saturated rings. The van der Waals surface area contributed by atoms with Crippen molar-refractivity contribution < 1.29 is 33.3 Å². The molecule has 0 spiro atoms. The zero-order valence-electron chi connectivity index (χ0n) is 15.7. The maximum Gasteiger partial charge on any atom is 0.335 e. The summed E-state index contributed by atoms with van der Waals surface area (Å²) in [5, 5.41) is 0. The Balaban J connectivity index is 2.68. The van der Waals surface area contributed by atoms with Crippen molar-refractivity contribution in [2.45, 2.75) is 20.8 Å². The van der Waals surface area contributed by atoms with Crippen LogP contribution in [-0.4, -0.2) is 39.6 Å². The topological polar surface area (TPSA) is 80.3 Å². The number of benzene rings is 1. The van der Waals surface area contributed by atoms with E-state index in [0.29, 0.717) is 17.1 Å². The van der Waals surface area contributed by atoms with Gasteiger partial charge in [0.1, 0.15) is 0 Å². The zero-order valence-corrected chi connectivity index (χ0v) is 15.7. The number of ether oxygens (including phenoxy) is 5. The molecule has 0 saturated carbocycles. The van der Waals surface area contributed by atoms with Crippen LogP contribution in [0.5, 0.6) is 17.2 Å². The third-order valence-corrected chi connectivity index (χ3v) is 3.28. The smallest absolute Gasteiger partial charge is 0.335 e. The predicted molar refractivity (Wildman–Crippen MR) is 96.2 cm³/mol. The standard InChI is InChI=1S/C19H24O7/c1-6-13(2)19(21)25-12-24-9-7-8-15-10-16(22-4)18(26-14(3)20)17(11-15)23-5/h6-8,10-11H,9,12H2,1-5H3. The fraction of sp³-hybridized carbons (Fsp3) is 0.368. The quantitative estimate of drug-likeness (QED) is 0.219. The van der Waals surface area contributed by atoms with Crippen molar-refractivity contribution >= 4 is 18.0 Å². The molecule has 7 heteroatoms. The summed E-state index contributed by atoms with van der Waals surface area (Å²) in [5.41, 5.74) is 1.29. The molecule has 0 aliphatic rings. The average molecular weight is 364 g/mol. The first-order valence-corrected chi connectivity index (χ1v) is 7.91. The minimum absolute atomic E-state index is 0.133. The van der Waals surface area contributed by atoms with Gasteiger partial charge in [-0.15, -0.1) is 0 Å². The molecule has 0 aromatic heterocycles. The van der Waals surface area contributed by atoms with Crippen LogP contribution in [0, 0.1) is 0 Å². The Morgan fingerprint density at radius 2 is 1.69 bits per heavy atom. The van der Waals surface area contributed by atoms with E-state index in [4.69, 9.17) is 23.7 Å². The maximum atomic E-state index is 11.4. The zero-order chi connectivity index (χ0) is 19.5. The first-order chi connectivity index (χ1) is 12.4. The van der Waals surface area contributed by atoms with E-state index in [1.54, 1.807) is 44.2 Å². The first kappa shape index (κ1) is 21.2. The van der Waals surface area contributed by atoms with Gasteiger partial charge in [-0.25, -0.2) is 4.79 Å². The van der Waals surface area contributed by atoms with E-state index < -0.39 is 11.9 Å². The molecule has 0 atom stereocenters. The third kappa shape index (κ3) is 6.60. The number of hydrogen-bond acceptors (Lipinski definition) is 7. The highest BCUT2D eigenvalue weighted by molar-refractivity contribution is 5.87. The van der Waals surface area contributed by atoms with Crippen molar-refractivity contribution in [2.75, 3.05) is 27.6 Å². The second kappa shape index (κ2) is 10.9. The molecule has 0 bridgehead atoms. The van der Waals surface area contributed by atoms with Gasteiger partial charge in [-0.3, -0.25) is 4.79 Å². The highest BCUT2D eigenvalue weighted by atomic mass is 16.7. The molecular weight excluding hydrogens is 340 g/mol. The number of carbonyl (C=O) groups is 2. The van der Waals surface area contributed by atoms with Crippen LogP contribution in [0.4, 0.5) is 0 Å². The normalized spacial score (nSPS) is 11.3. The predicted octanol–water partition coefficient (Wildman–Crippen LogP) is 3.13. The van der Waals surface area contributed by atoms with E-state index in [-0.39, 0.29) is 19.1 Å². The second-order valence-electron chi connectivity index (χ2n) is 5.14. The van der Waals surface area contributed by atoms with Crippen molar-refractivity contribution in [2.24, 2.45) is 0 Å². The van der Waals surface area contributed by atoms with Gasteiger partial charge in [0, 0.05) is 12.5 Å². The van der Waals surface area contributed by atoms with E-state index in [1.165, 1.54) is 21.1 Å². The lowest BCUT2D eigenvalue weighted by Crippen LogP contribution is -2.09. The number of methoxy groups -OCH3 is 2. The summed E-state index contributed by atoms with van der Waals surface area (Å²) in [4.78, 5) is 22.6. The van der Waals surface area contributed by atoms with Crippen LogP contribution < -0.4 is 14.2 Å². The summed E-state index contributed by atoms with van der Waals surface area (Å²) in [6.45, 7) is 4.84. The molecule has 26 heavy (non-hydrogen) atoms. The Morgan fingerprint density at radius 3 is 2.19 bits per heavy atom. The molecule has 1 rings (SSSR count). The molecule has 0 radical (unpaired) electrons. The molecule has 7 nitrogen and oxygen atoms in total. The van der Waals surface area contributed by atoms with E-state index in [0.717, 1.165) is 5.56 Å². The molecule has 1 aromatic carbocycles. The molecule has 0 aliphatic carbocycles. The number of hydrogen-bond donors (Lipinski definition) is 0. The largest absolute Gasteiger partial charge is 0.493 e. The van der Waals surface area contributed by atoms with Crippen LogP contribution >= 0.6 is 0 Å². The van der Waals surface area contributed by atoms with E-state index in [2.05, 4.69) is 0 Å². The van der Waals surface area contributed by atoms with Gasteiger partial charge in [-0.05, 0) is 31.5 Å². The van der Waals surface area contributed by atoms with Gasteiger partial charge in [0.25, 0.3) is 0 Å². The first-order valence-electron chi connectivity index (χ1n) is 7.91. The van der Waals surface area contributed by atoms with E-state index in [9.17, 15) is 9.59 Å². The van der Waals surface area contributed by atoms with Crippen LogP contribution in [0.3, 0.4) is 0 Å². The highest BCUT2D eigenvalue weighted by Crippen LogP contribution is 2.39. The van der Waals surface area contributed by atoms with Crippen molar-refractivity contribution in [3.63, 3.8) is 0 Å². The summed E-state index contributed by atoms with van der Waals surface area (Å²) in [6, 6.07) is 3.40. The van der Waals surface area contributed by atoms with Crippen LogP contribution in [0.25, 0.3) is 6.08 Å². The van der Waals surface area contributed by atoms with Crippen molar-refractivity contribution in [1.29, 1.82) is 0 Å². The molecule has 0 aliphatic heterocycles. The van der Waals surface area contributed by atoms with Gasteiger partial charge in [-0.1, -0.05) is 18.2 Å². The van der Waals surface area contributed by atoms with Gasteiger partial charge in [-0.2, -0.15) is 0 Å². The summed E-state index contributed by atoms with van der Waals surface area (Å²) >= 11 is 0. The number of esters is 2. The van der Waals surface area contributed by atoms with Crippen LogP contribution in [0.2, 0.25) is 0 Å². The second-order valence-corrected chi connectivity index (χ2v) is 5.14. The average Bonchev–Trinajstić information content (AvgIpc) is 2.63. The summed E-state index contributed by atoms with van der Waals surface area (Å²) in [5.74, 6) is 0.0851.